The average molecular weight is 444 g/mol. The minimum atomic E-state index is 0.869. The maximum Gasteiger partial charge on any atom is 0.0757 e. The molecule has 5 aromatic rings. The van der Waals surface area contributed by atoms with Crippen molar-refractivity contribution in [2.75, 3.05) is 18.0 Å². The number of aromatic nitrogens is 1. The quantitative estimate of drug-likeness (QED) is 0.305. The Morgan fingerprint density at radius 1 is 0.824 bits per heavy atom. The van der Waals surface area contributed by atoms with Gasteiger partial charge in [-0.2, -0.15) is 0 Å². The van der Waals surface area contributed by atoms with E-state index in [-0.39, 0.29) is 0 Å². The van der Waals surface area contributed by atoms with Crippen LogP contribution in [0.15, 0.2) is 91.0 Å². The van der Waals surface area contributed by atoms with E-state index in [9.17, 15) is 0 Å². The molecule has 4 aromatic carbocycles. The Morgan fingerprint density at radius 3 is 2.44 bits per heavy atom. The number of hydrogen-bond acceptors (Lipinski definition) is 3. The lowest BCUT2D eigenvalue weighted by Gasteiger charge is -2.25. The van der Waals surface area contributed by atoms with Gasteiger partial charge in [-0.05, 0) is 65.6 Å². The molecule has 1 aliphatic rings. The fourth-order valence-corrected chi connectivity index (χ4v) is 5.30. The summed E-state index contributed by atoms with van der Waals surface area (Å²) in [6, 6.07) is 32.7. The van der Waals surface area contributed by atoms with E-state index in [1.807, 2.05) is 0 Å². The monoisotopic (exact) mass is 443 g/mol. The molecule has 0 atom stereocenters. The minimum Gasteiger partial charge on any atom is -0.367 e. The summed E-state index contributed by atoms with van der Waals surface area (Å²) < 4.78 is 0. The van der Waals surface area contributed by atoms with E-state index in [4.69, 9.17) is 4.98 Å². The predicted molar refractivity (Wildman–Crippen MR) is 143 cm³/mol. The highest BCUT2D eigenvalue weighted by Crippen LogP contribution is 2.36. The van der Waals surface area contributed by atoms with Crippen molar-refractivity contribution >= 4 is 27.4 Å². The van der Waals surface area contributed by atoms with Gasteiger partial charge in [-0.3, -0.25) is 0 Å². The predicted octanol–water partition coefficient (Wildman–Crippen LogP) is 6.73. The third-order valence-corrected chi connectivity index (χ3v) is 7.05. The zero-order valence-corrected chi connectivity index (χ0v) is 19.6. The molecule has 0 radical (unpaired) electrons. The van der Waals surface area contributed by atoms with Gasteiger partial charge >= 0.3 is 0 Å². The molecule has 34 heavy (non-hydrogen) atoms. The summed E-state index contributed by atoms with van der Waals surface area (Å²) >= 11 is 0. The molecule has 3 nitrogen and oxygen atoms in total. The van der Waals surface area contributed by atoms with Crippen molar-refractivity contribution in [3.8, 4) is 11.3 Å². The molecule has 0 unspecified atom stereocenters. The molecule has 0 saturated carbocycles. The second kappa shape index (κ2) is 8.92. The van der Waals surface area contributed by atoms with Crippen LogP contribution in [0.4, 0.5) is 5.69 Å². The van der Waals surface area contributed by atoms with Gasteiger partial charge in [0.2, 0.25) is 0 Å². The zero-order chi connectivity index (χ0) is 22.9. The van der Waals surface area contributed by atoms with Crippen molar-refractivity contribution < 1.29 is 0 Å². The van der Waals surface area contributed by atoms with Crippen LogP contribution in [0.2, 0.25) is 0 Å². The average Bonchev–Trinajstić information content (AvgIpc) is 2.91. The highest BCUT2D eigenvalue weighted by molar-refractivity contribution is 6.09. The summed E-state index contributed by atoms with van der Waals surface area (Å²) in [5.41, 5.74) is 8.78. The van der Waals surface area contributed by atoms with Crippen molar-refractivity contribution in [3.05, 3.63) is 108 Å². The Balaban J connectivity index is 1.42. The van der Waals surface area contributed by atoms with Crippen LogP contribution in [0.25, 0.3) is 32.9 Å². The summed E-state index contributed by atoms with van der Waals surface area (Å²) in [7, 11) is 0. The van der Waals surface area contributed by atoms with E-state index in [1.54, 1.807) is 0 Å². The molecule has 1 aromatic heterocycles. The van der Waals surface area contributed by atoms with Crippen LogP contribution >= 0.6 is 0 Å². The fraction of sp³-hybridized carbons (Fsp3) is 0.194. The molecule has 0 saturated heterocycles. The number of rotatable bonds is 5. The molecule has 2 heterocycles. The lowest BCUT2D eigenvalue weighted by molar-refractivity contribution is 0.646. The van der Waals surface area contributed by atoms with Gasteiger partial charge < -0.3 is 10.2 Å². The molecular weight excluding hydrogens is 414 g/mol. The van der Waals surface area contributed by atoms with Crippen molar-refractivity contribution in [1.29, 1.82) is 0 Å². The van der Waals surface area contributed by atoms with Gasteiger partial charge in [-0.1, -0.05) is 72.8 Å². The summed E-state index contributed by atoms with van der Waals surface area (Å²) in [4.78, 5) is 7.63. The Morgan fingerprint density at radius 2 is 1.62 bits per heavy atom. The van der Waals surface area contributed by atoms with Crippen LogP contribution in [-0.2, 0) is 19.5 Å². The Bertz CT molecular complexity index is 1460. The summed E-state index contributed by atoms with van der Waals surface area (Å²) in [6.45, 7) is 5.98. The maximum atomic E-state index is 5.22. The number of hydrogen-bond donors (Lipinski definition) is 1. The highest BCUT2D eigenvalue weighted by Gasteiger charge is 2.20. The van der Waals surface area contributed by atoms with Crippen molar-refractivity contribution in [1.82, 2.24) is 10.3 Å². The first-order valence-corrected chi connectivity index (χ1v) is 12.2. The van der Waals surface area contributed by atoms with Crippen LogP contribution in [0, 0.1) is 0 Å². The van der Waals surface area contributed by atoms with Crippen LogP contribution in [-0.4, -0.2) is 18.1 Å². The molecule has 0 amide bonds. The molecular formula is C31H29N3. The molecule has 3 heteroatoms. The topological polar surface area (TPSA) is 28.2 Å². The molecule has 0 bridgehead atoms. The van der Waals surface area contributed by atoms with E-state index in [0.29, 0.717) is 0 Å². The molecule has 1 N–H and O–H groups in total. The first-order valence-electron chi connectivity index (χ1n) is 12.2. The normalized spacial score (nSPS) is 13.2. The van der Waals surface area contributed by atoms with E-state index in [1.165, 1.54) is 44.1 Å². The second-order valence-electron chi connectivity index (χ2n) is 9.07. The highest BCUT2D eigenvalue weighted by atomic mass is 15.1. The van der Waals surface area contributed by atoms with Crippen LogP contribution < -0.4 is 10.2 Å². The molecule has 0 fully saturated rings. The van der Waals surface area contributed by atoms with Crippen molar-refractivity contribution in [3.63, 3.8) is 0 Å². The molecule has 168 valence electrons. The Labute approximate surface area is 201 Å². The number of nitrogens with zero attached hydrogens (tertiary/aromatic N) is 2. The number of pyridine rings is 1. The number of anilines is 1. The zero-order valence-electron chi connectivity index (χ0n) is 19.6. The first kappa shape index (κ1) is 20.9. The summed E-state index contributed by atoms with van der Waals surface area (Å²) in [5.74, 6) is 0. The molecule has 6 rings (SSSR count). The molecule has 1 aliphatic heterocycles. The summed E-state index contributed by atoms with van der Waals surface area (Å²) in [5, 5.41) is 7.51. The third kappa shape index (κ3) is 3.72. The lowest BCUT2D eigenvalue weighted by atomic mass is 9.90. The largest absolute Gasteiger partial charge is 0.367 e. The number of fused-ring (bicyclic) bond motifs is 5. The van der Waals surface area contributed by atoms with Gasteiger partial charge in [-0.15, -0.1) is 0 Å². The first-order chi connectivity index (χ1) is 16.8. The van der Waals surface area contributed by atoms with Gasteiger partial charge in [0.1, 0.15) is 0 Å². The number of nitrogens with one attached hydrogen (secondary N) is 1. The molecule has 0 spiro atoms. The third-order valence-electron chi connectivity index (χ3n) is 7.05. The maximum absolute atomic E-state index is 5.22. The van der Waals surface area contributed by atoms with Crippen LogP contribution in [0.3, 0.4) is 0 Å². The van der Waals surface area contributed by atoms with Gasteiger partial charge in [0.05, 0.1) is 11.2 Å². The number of benzene rings is 4. The van der Waals surface area contributed by atoms with Gasteiger partial charge in [0, 0.05) is 36.3 Å². The SMILES string of the molecule is CCN(Cc1ccccc1)c1ccc(-c2nc3ccc4ccccc4c3c3c2CNCC3)cc1. The smallest absolute Gasteiger partial charge is 0.0757 e. The van der Waals surface area contributed by atoms with E-state index in [0.717, 1.165) is 43.8 Å². The standard InChI is InChI=1S/C31H29N3/c1-2-34(21-22-8-4-3-5-9-22)25-15-12-24(13-16-25)31-28-20-32-19-18-27(28)30-26-11-7-6-10-23(26)14-17-29(30)33-31/h3-17,32H,2,18-21H2,1H3. The van der Waals surface area contributed by atoms with Crippen LogP contribution in [0.1, 0.15) is 23.6 Å². The van der Waals surface area contributed by atoms with E-state index in [2.05, 4.69) is 108 Å². The Kier molecular flexibility index (Phi) is 5.48. The lowest BCUT2D eigenvalue weighted by Crippen LogP contribution is -2.25. The Hall–Kier alpha value is -3.69. The van der Waals surface area contributed by atoms with Gasteiger partial charge in [-0.25, -0.2) is 4.98 Å². The van der Waals surface area contributed by atoms with Gasteiger partial charge in [0.15, 0.2) is 0 Å². The van der Waals surface area contributed by atoms with Crippen molar-refractivity contribution in [2.24, 2.45) is 0 Å². The fourth-order valence-electron chi connectivity index (χ4n) is 5.30. The second-order valence-corrected chi connectivity index (χ2v) is 9.07. The minimum absolute atomic E-state index is 0.869. The van der Waals surface area contributed by atoms with Crippen LogP contribution in [0.5, 0.6) is 0 Å². The summed E-state index contributed by atoms with van der Waals surface area (Å²) in [6.07, 6.45) is 1.04. The van der Waals surface area contributed by atoms with Gasteiger partial charge in [0.25, 0.3) is 0 Å². The van der Waals surface area contributed by atoms with Crippen molar-refractivity contribution in [2.45, 2.75) is 26.4 Å². The van der Waals surface area contributed by atoms with E-state index < -0.39 is 0 Å². The molecule has 0 aliphatic carbocycles. The van der Waals surface area contributed by atoms with E-state index >= 15 is 0 Å².